The van der Waals surface area contributed by atoms with E-state index in [1.54, 1.807) is 0 Å². The molecule has 0 spiro atoms. The largest absolute Gasteiger partial charge is 4.00 e. The van der Waals surface area contributed by atoms with E-state index in [1.165, 1.54) is 103 Å². The summed E-state index contributed by atoms with van der Waals surface area (Å²) < 4.78 is 0. The molecule has 0 aliphatic carbocycles. The molecule has 0 saturated carbocycles. The first-order chi connectivity index (χ1) is 17.7. The van der Waals surface area contributed by atoms with E-state index in [1.807, 2.05) is 0 Å². The van der Waals surface area contributed by atoms with E-state index in [4.69, 9.17) is 0 Å². The first-order valence-electron chi connectivity index (χ1n) is 16.2. The molecule has 0 aliphatic rings. The Kier molecular flexibility index (Phi) is 72.5. The minimum absolute atomic E-state index is 0. The van der Waals surface area contributed by atoms with Crippen LogP contribution in [0.1, 0.15) is 158 Å². The average molecular weight is 561 g/mol. The van der Waals surface area contributed by atoms with Crippen molar-refractivity contribution in [3.05, 3.63) is 21.3 Å². The zero-order valence-electron chi connectivity index (χ0n) is 27.3. The Hall–Kier alpha value is 0.554. The molecule has 5 heteroatoms. The number of hydrogen-bond donors (Lipinski definition) is 0. The summed E-state index contributed by atoms with van der Waals surface area (Å²) in [6.45, 7) is 26.3. The van der Waals surface area contributed by atoms with Gasteiger partial charge in [-0.2, -0.15) is 0 Å². The van der Waals surface area contributed by atoms with Crippen LogP contribution in [-0.4, -0.2) is 52.4 Å². The van der Waals surface area contributed by atoms with Gasteiger partial charge in [0.2, 0.25) is 0 Å². The van der Waals surface area contributed by atoms with Crippen LogP contribution in [0.15, 0.2) is 0 Å². The molecule has 0 unspecified atom stereocenters. The second-order valence-corrected chi connectivity index (χ2v) is 9.51. The predicted molar refractivity (Wildman–Crippen MR) is 172 cm³/mol. The minimum atomic E-state index is 0. The molecule has 0 bridgehead atoms. The van der Waals surface area contributed by atoms with Gasteiger partial charge in [-0.15, -0.1) is 52.4 Å². The number of rotatable bonds is 24. The predicted octanol–water partition coefficient (Wildman–Crippen LogP) is 11.8. The molecule has 4 nitrogen and oxygen atoms in total. The maximum atomic E-state index is 4.35. The van der Waals surface area contributed by atoms with Gasteiger partial charge in [-0.1, -0.05) is 158 Å². The zero-order chi connectivity index (χ0) is 27.8. The maximum absolute atomic E-state index is 4.35. The fraction of sp³-hybridized carbons (Fsp3) is 1.00. The quantitative estimate of drug-likeness (QED) is 0.0832. The van der Waals surface area contributed by atoms with Crippen LogP contribution in [0, 0.1) is 0 Å². The van der Waals surface area contributed by atoms with Crippen molar-refractivity contribution >= 4 is 0 Å². The fourth-order valence-electron chi connectivity index (χ4n) is 2.61. The summed E-state index contributed by atoms with van der Waals surface area (Å²) in [5.41, 5.74) is 0. The third kappa shape index (κ3) is 72.4. The summed E-state index contributed by atoms with van der Waals surface area (Å²) in [5, 5.41) is 17.4. The molecule has 0 amide bonds. The van der Waals surface area contributed by atoms with Gasteiger partial charge in [0.25, 0.3) is 0 Å². The smallest absolute Gasteiger partial charge is 0.662 e. The van der Waals surface area contributed by atoms with Crippen molar-refractivity contribution in [2.75, 3.05) is 52.4 Å². The topological polar surface area (TPSA) is 56.4 Å². The summed E-state index contributed by atoms with van der Waals surface area (Å²) >= 11 is 0. The van der Waals surface area contributed by atoms with Crippen LogP contribution in [-0.2, 0) is 21.7 Å². The van der Waals surface area contributed by atoms with Gasteiger partial charge in [0.05, 0.1) is 0 Å². The second-order valence-electron chi connectivity index (χ2n) is 9.51. The van der Waals surface area contributed by atoms with Crippen molar-refractivity contribution in [1.82, 2.24) is 0 Å². The average Bonchev–Trinajstić information content (AvgIpc) is 2.90. The van der Waals surface area contributed by atoms with Crippen LogP contribution in [0.2, 0.25) is 0 Å². The van der Waals surface area contributed by atoms with Gasteiger partial charge in [0.15, 0.2) is 0 Å². The van der Waals surface area contributed by atoms with Gasteiger partial charge in [-0.25, -0.2) is 0 Å². The Balaban J connectivity index is -0.000000122. The molecule has 224 valence electrons. The Morgan fingerprint density at radius 1 is 0.243 bits per heavy atom. The molecule has 0 aromatic carbocycles. The first kappa shape index (κ1) is 47.3. The standard InChI is InChI=1S/4C8H18N.Ti/c4*1-3-5-7-9-8-6-4-2;/h4*3-8H2,1-2H3;/q4*-1;+4. The van der Waals surface area contributed by atoms with Gasteiger partial charge < -0.3 is 21.3 Å². The molecule has 0 saturated heterocycles. The van der Waals surface area contributed by atoms with Crippen LogP contribution >= 0.6 is 0 Å². The molecule has 0 aromatic heterocycles. The molecule has 0 radical (unpaired) electrons. The van der Waals surface area contributed by atoms with Crippen LogP contribution in [0.25, 0.3) is 21.3 Å². The molecule has 0 fully saturated rings. The van der Waals surface area contributed by atoms with E-state index in [0.29, 0.717) is 0 Å². The van der Waals surface area contributed by atoms with E-state index in [-0.39, 0.29) is 21.7 Å². The van der Waals surface area contributed by atoms with E-state index in [9.17, 15) is 0 Å². The Morgan fingerprint density at radius 2 is 0.351 bits per heavy atom. The monoisotopic (exact) mass is 561 g/mol. The van der Waals surface area contributed by atoms with E-state index < -0.39 is 0 Å². The van der Waals surface area contributed by atoms with Crippen LogP contribution < -0.4 is 0 Å². The van der Waals surface area contributed by atoms with Gasteiger partial charge in [-0.05, 0) is 0 Å². The molecule has 0 heterocycles. The van der Waals surface area contributed by atoms with Gasteiger partial charge >= 0.3 is 21.7 Å². The molecular weight excluding hydrogens is 488 g/mol. The van der Waals surface area contributed by atoms with Crippen LogP contribution in [0.4, 0.5) is 0 Å². The molecule has 37 heavy (non-hydrogen) atoms. The number of nitrogens with zero attached hydrogens (tertiary/aromatic N) is 4. The van der Waals surface area contributed by atoms with Gasteiger partial charge in [0, 0.05) is 0 Å². The van der Waals surface area contributed by atoms with E-state index >= 15 is 0 Å². The normalized spacial score (nSPS) is 9.73. The SMILES string of the molecule is CCCC[N-]CCCC.CCCC[N-]CCCC.CCCC[N-]CCCC.CCCC[N-]CCCC.[Ti+4]. The summed E-state index contributed by atoms with van der Waals surface area (Å²) in [6, 6.07) is 0. The zero-order valence-corrected chi connectivity index (χ0v) is 28.8. The number of unbranched alkanes of at least 4 members (excludes halogenated alkanes) is 8. The van der Waals surface area contributed by atoms with E-state index in [0.717, 1.165) is 52.4 Å². The summed E-state index contributed by atoms with van der Waals surface area (Å²) in [5.74, 6) is 0. The third-order valence-electron chi connectivity index (χ3n) is 5.36. The van der Waals surface area contributed by atoms with Crippen molar-refractivity contribution in [3.63, 3.8) is 0 Å². The van der Waals surface area contributed by atoms with Crippen molar-refractivity contribution in [2.24, 2.45) is 0 Å². The Morgan fingerprint density at radius 3 is 0.432 bits per heavy atom. The van der Waals surface area contributed by atoms with Crippen molar-refractivity contribution < 1.29 is 21.7 Å². The maximum Gasteiger partial charge on any atom is 4.00 e. The van der Waals surface area contributed by atoms with Crippen LogP contribution in [0.5, 0.6) is 0 Å². The first-order valence-corrected chi connectivity index (χ1v) is 16.2. The Labute approximate surface area is 252 Å². The molecule has 0 atom stereocenters. The Bertz CT molecular complexity index is 214. The van der Waals surface area contributed by atoms with Crippen molar-refractivity contribution in [1.29, 1.82) is 0 Å². The van der Waals surface area contributed by atoms with Gasteiger partial charge in [-0.3, -0.25) is 0 Å². The second kappa shape index (κ2) is 56.7. The fourth-order valence-corrected chi connectivity index (χ4v) is 2.61. The minimum Gasteiger partial charge on any atom is -0.662 e. The summed E-state index contributed by atoms with van der Waals surface area (Å²) in [6.07, 6.45) is 20.3. The van der Waals surface area contributed by atoms with Crippen LogP contribution in [0.3, 0.4) is 0 Å². The summed E-state index contributed by atoms with van der Waals surface area (Å²) in [4.78, 5) is 0. The number of hydrogen-bond acceptors (Lipinski definition) is 0. The molecule has 0 N–H and O–H groups in total. The van der Waals surface area contributed by atoms with E-state index in [2.05, 4.69) is 76.7 Å². The van der Waals surface area contributed by atoms with Gasteiger partial charge in [0.1, 0.15) is 0 Å². The van der Waals surface area contributed by atoms with Crippen molar-refractivity contribution in [3.8, 4) is 0 Å². The third-order valence-corrected chi connectivity index (χ3v) is 5.36. The molecule has 0 rings (SSSR count). The molecule has 0 aliphatic heterocycles. The molecule has 0 aromatic rings. The molecular formula is C32H72N4Ti. The van der Waals surface area contributed by atoms with Crippen molar-refractivity contribution in [2.45, 2.75) is 158 Å². The summed E-state index contributed by atoms with van der Waals surface area (Å²) in [7, 11) is 0.